The van der Waals surface area contributed by atoms with E-state index in [1.165, 1.54) is 0 Å². The molecule has 1 atom stereocenters. The van der Waals surface area contributed by atoms with Crippen LogP contribution in [-0.2, 0) is 4.79 Å². The zero-order valence-corrected chi connectivity index (χ0v) is 11.7. The van der Waals surface area contributed by atoms with Crippen LogP contribution in [0.3, 0.4) is 0 Å². The van der Waals surface area contributed by atoms with E-state index in [1.807, 2.05) is 30.3 Å². The number of fused-ring (bicyclic) bond motifs is 1. The molecule has 5 N–H and O–H groups in total. The van der Waals surface area contributed by atoms with Crippen molar-refractivity contribution in [2.24, 2.45) is 10.7 Å². The number of benzene rings is 1. The van der Waals surface area contributed by atoms with Crippen molar-refractivity contribution in [3.05, 3.63) is 35.9 Å². The number of nitrogens with zero attached hydrogens (tertiary/aromatic N) is 1. The summed E-state index contributed by atoms with van der Waals surface area (Å²) < 4.78 is 0. The second kappa shape index (κ2) is 7.44. The van der Waals surface area contributed by atoms with Gasteiger partial charge in [-0.2, -0.15) is 0 Å². The molecule has 1 aliphatic rings. The maximum absolute atomic E-state index is 11.3. The number of nitrogens with one attached hydrogen (secondary N) is 2. The lowest BCUT2D eigenvalue weighted by Crippen LogP contribution is -2.30. The third kappa shape index (κ3) is 4.32. The zero-order chi connectivity index (χ0) is 15.1. The molecule has 2 rings (SSSR count). The maximum atomic E-state index is 11.3. The normalized spacial score (nSPS) is 16.5. The molecule has 1 aliphatic heterocycles. The first-order valence-corrected chi connectivity index (χ1v) is 7.00. The highest BCUT2D eigenvalue weighted by molar-refractivity contribution is 6.00. The standard InChI is InChI=1S/C15H20N4O2/c16-10-4-3-7-13(15(20)21)17-14-9-8-11-5-1-2-6-12(11)18-19-14/h1-2,5-6,8-9,13,18H,3-4,7,10,16H2,(H,17,19)(H,20,21)/t13-/m0/s1. The van der Waals surface area contributed by atoms with Gasteiger partial charge in [-0.25, -0.2) is 4.79 Å². The average Bonchev–Trinajstić information content (AvgIpc) is 2.69. The van der Waals surface area contributed by atoms with Crippen LogP contribution >= 0.6 is 0 Å². The van der Waals surface area contributed by atoms with Gasteiger partial charge in [-0.3, -0.25) is 15.8 Å². The molecule has 0 saturated carbocycles. The Morgan fingerprint density at radius 2 is 2.05 bits per heavy atom. The fourth-order valence-corrected chi connectivity index (χ4v) is 2.07. The summed E-state index contributed by atoms with van der Waals surface area (Å²) >= 11 is 0. The Kier molecular flexibility index (Phi) is 5.34. The lowest BCUT2D eigenvalue weighted by atomic mass is 10.1. The van der Waals surface area contributed by atoms with E-state index in [1.54, 1.807) is 6.08 Å². The SMILES string of the molecule is NCCCC[C@H](N=C1C=Cc2ccccc2NN1)C(=O)O. The van der Waals surface area contributed by atoms with Crippen LogP contribution in [0.4, 0.5) is 5.69 Å². The molecule has 0 bridgehead atoms. The van der Waals surface area contributed by atoms with Crippen LogP contribution in [0.25, 0.3) is 6.08 Å². The van der Waals surface area contributed by atoms with Crippen LogP contribution in [0.5, 0.6) is 0 Å². The first-order valence-electron chi connectivity index (χ1n) is 7.00. The van der Waals surface area contributed by atoms with Gasteiger partial charge in [0.15, 0.2) is 0 Å². The van der Waals surface area contributed by atoms with E-state index in [2.05, 4.69) is 15.8 Å². The fraction of sp³-hybridized carbons (Fsp3) is 0.333. The smallest absolute Gasteiger partial charge is 0.328 e. The number of anilines is 1. The molecule has 0 saturated heterocycles. The van der Waals surface area contributed by atoms with Gasteiger partial charge in [0.25, 0.3) is 0 Å². The van der Waals surface area contributed by atoms with E-state index in [9.17, 15) is 9.90 Å². The van der Waals surface area contributed by atoms with Crippen LogP contribution in [0.2, 0.25) is 0 Å². The molecule has 112 valence electrons. The summed E-state index contributed by atoms with van der Waals surface area (Å²) in [6.07, 6.45) is 5.72. The predicted octanol–water partition coefficient (Wildman–Crippen LogP) is 1.61. The van der Waals surface area contributed by atoms with Crippen LogP contribution in [-0.4, -0.2) is 29.5 Å². The highest BCUT2D eigenvalue weighted by Gasteiger charge is 2.16. The summed E-state index contributed by atoms with van der Waals surface area (Å²) in [5.41, 5.74) is 13.3. The molecule has 0 fully saturated rings. The number of nitrogens with two attached hydrogens (primary N) is 1. The van der Waals surface area contributed by atoms with Crippen LogP contribution < -0.4 is 16.6 Å². The molecule has 1 aromatic rings. The van der Waals surface area contributed by atoms with E-state index in [0.29, 0.717) is 18.8 Å². The Morgan fingerprint density at radius 1 is 1.24 bits per heavy atom. The molecule has 21 heavy (non-hydrogen) atoms. The molecule has 1 heterocycles. The third-order valence-corrected chi connectivity index (χ3v) is 3.22. The molecule has 0 aliphatic carbocycles. The monoisotopic (exact) mass is 288 g/mol. The van der Waals surface area contributed by atoms with Gasteiger partial charge in [-0.05, 0) is 49.6 Å². The minimum atomic E-state index is -0.920. The van der Waals surface area contributed by atoms with Crippen molar-refractivity contribution in [3.8, 4) is 0 Å². The number of aliphatic carboxylic acids is 1. The lowest BCUT2D eigenvalue weighted by Gasteiger charge is -2.11. The zero-order valence-electron chi connectivity index (χ0n) is 11.7. The summed E-state index contributed by atoms with van der Waals surface area (Å²) in [5.74, 6) is -0.414. The number of carboxylic acids is 1. The number of carboxylic acid groups (broad SMARTS) is 1. The fourth-order valence-electron chi connectivity index (χ4n) is 2.07. The van der Waals surface area contributed by atoms with Crippen LogP contribution in [0.1, 0.15) is 24.8 Å². The number of unbranched alkanes of at least 4 members (excludes halogenated alkanes) is 1. The number of rotatable bonds is 6. The van der Waals surface area contributed by atoms with Crippen molar-refractivity contribution in [2.45, 2.75) is 25.3 Å². The van der Waals surface area contributed by atoms with Crippen molar-refractivity contribution in [1.29, 1.82) is 0 Å². The number of hydrogen-bond donors (Lipinski definition) is 4. The van der Waals surface area contributed by atoms with E-state index in [4.69, 9.17) is 5.73 Å². The molecule has 0 aromatic heterocycles. The average molecular weight is 288 g/mol. The Hall–Kier alpha value is -2.34. The summed E-state index contributed by atoms with van der Waals surface area (Å²) in [4.78, 5) is 15.5. The summed E-state index contributed by atoms with van der Waals surface area (Å²) in [6, 6.07) is 7.02. The van der Waals surface area contributed by atoms with Crippen molar-refractivity contribution in [3.63, 3.8) is 0 Å². The summed E-state index contributed by atoms with van der Waals surface area (Å²) in [5, 5.41) is 9.24. The quantitative estimate of drug-likeness (QED) is 0.596. The van der Waals surface area contributed by atoms with Gasteiger partial charge >= 0.3 is 5.97 Å². The second-order valence-electron chi connectivity index (χ2n) is 4.82. The second-order valence-corrected chi connectivity index (χ2v) is 4.82. The minimum Gasteiger partial charge on any atom is -0.480 e. The Morgan fingerprint density at radius 3 is 2.81 bits per heavy atom. The number of hydrogen-bond acceptors (Lipinski definition) is 4. The highest BCUT2D eigenvalue weighted by Crippen LogP contribution is 2.17. The van der Waals surface area contributed by atoms with Gasteiger partial charge in [-0.15, -0.1) is 0 Å². The van der Waals surface area contributed by atoms with E-state index < -0.39 is 12.0 Å². The van der Waals surface area contributed by atoms with Gasteiger partial charge in [0.05, 0.1) is 5.69 Å². The van der Waals surface area contributed by atoms with Crippen molar-refractivity contribution in [2.75, 3.05) is 12.0 Å². The molecular weight excluding hydrogens is 268 g/mol. The number of carbonyl (C=O) groups is 1. The predicted molar refractivity (Wildman–Crippen MR) is 84.0 cm³/mol. The first kappa shape index (κ1) is 15.1. The van der Waals surface area contributed by atoms with E-state index in [-0.39, 0.29) is 0 Å². The Balaban J connectivity index is 2.08. The van der Waals surface area contributed by atoms with Gasteiger partial charge in [0, 0.05) is 0 Å². The number of amidine groups is 1. The van der Waals surface area contributed by atoms with Crippen molar-refractivity contribution >= 4 is 23.6 Å². The van der Waals surface area contributed by atoms with Gasteiger partial charge in [0.1, 0.15) is 11.9 Å². The molecule has 6 nitrogen and oxygen atoms in total. The summed E-state index contributed by atoms with van der Waals surface area (Å²) in [6.45, 7) is 0.567. The van der Waals surface area contributed by atoms with E-state index >= 15 is 0 Å². The molecule has 0 unspecified atom stereocenters. The molecule has 0 amide bonds. The molecule has 6 heteroatoms. The maximum Gasteiger partial charge on any atom is 0.328 e. The minimum absolute atomic E-state index is 0.485. The molecule has 0 radical (unpaired) electrons. The Labute approximate surface area is 123 Å². The largest absolute Gasteiger partial charge is 0.480 e. The number of para-hydroxylation sites is 1. The summed E-state index contributed by atoms with van der Waals surface area (Å²) in [7, 11) is 0. The van der Waals surface area contributed by atoms with Crippen LogP contribution in [0.15, 0.2) is 35.3 Å². The molecule has 1 aromatic carbocycles. The van der Waals surface area contributed by atoms with E-state index in [0.717, 1.165) is 24.1 Å². The molecular formula is C15H20N4O2. The van der Waals surface area contributed by atoms with Gasteiger partial charge in [-0.1, -0.05) is 18.2 Å². The first-order chi connectivity index (χ1) is 10.2. The third-order valence-electron chi connectivity index (χ3n) is 3.22. The topological polar surface area (TPSA) is 99.7 Å². The number of hydrazine groups is 1. The molecule has 0 spiro atoms. The Bertz CT molecular complexity index is 554. The lowest BCUT2D eigenvalue weighted by molar-refractivity contribution is -0.138. The van der Waals surface area contributed by atoms with Crippen molar-refractivity contribution < 1.29 is 9.90 Å². The van der Waals surface area contributed by atoms with Gasteiger partial charge in [0.2, 0.25) is 0 Å². The number of aliphatic imine (C=N–C) groups is 1. The van der Waals surface area contributed by atoms with Gasteiger partial charge < -0.3 is 10.8 Å². The van der Waals surface area contributed by atoms with Crippen molar-refractivity contribution in [1.82, 2.24) is 5.43 Å². The highest BCUT2D eigenvalue weighted by atomic mass is 16.4. The van der Waals surface area contributed by atoms with Crippen LogP contribution in [0, 0.1) is 0 Å².